The first-order valence-corrected chi connectivity index (χ1v) is 13.2. The second-order valence-corrected chi connectivity index (χ2v) is 10.1. The summed E-state index contributed by atoms with van der Waals surface area (Å²) < 4.78 is 79.3. The van der Waals surface area contributed by atoms with Gasteiger partial charge in [0.25, 0.3) is 11.8 Å². The predicted octanol–water partition coefficient (Wildman–Crippen LogP) is 9.15. The summed E-state index contributed by atoms with van der Waals surface area (Å²) in [6.07, 6.45) is -6.45. The molecule has 0 spiro atoms. The number of nitrogens with zero attached hydrogens (tertiary/aromatic N) is 2. The number of anilines is 2. The number of hydrogen-bond donors (Lipinski definition) is 2. The number of alkyl halides is 6. The smallest absolute Gasteiger partial charge is 0.321 e. The van der Waals surface area contributed by atoms with Crippen LogP contribution >= 0.6 is 23.2 Å². The number of fused-ring (bicyclic) bond motifs is 1. The number of halogens is 8. The summed E-state index contributed by atoms with van der Waals surface area (Å²) in [5, 5.41) is 5.33. The zero-order chi connectivity index (χ0) is 31.8. The van der Waals surface area contributed by atoms with Crippen LogP contribution in [0.25, 0.3) is 22.0 Å². The molecule has 0 saturated carbocycles. The van der Waals surface area contributed by atoms with Crippen molar-refractivity contribution in [2.75, 3.05) is 10.6 Å². The van der Waals surface area contributed by atoms with E-state index in [1.165, 1.54) is 48.8 Å². The molecule has 0 aliphatic carbocycles. The van der Waals surface area contributed by atoms with Gasteiger partial charge in [0.1, 0.15) is 5.82 Å². The quantitative estimate of drug-likeness (QED) is 0.186. The highest BCUT2D eigenvalue weighted by atomic mass is 35.5. The van der Waals surface area contributed by atoms with Crippen LogP contribution in [0, 0.1) is 0 Å². The Kier molecular flexibility index (Phi) is 8.23. The van der Waals surface area contributed by atoms with Gasteiger partial charge in [-0.15, -0.1) is 0 Å². The molecule has 5 aromatic rings. The number of carbonyl (C=O) groups excluding carboxylic acids is 2. The molecule has 0 unspecified atom stereocenters. The number of benzene rings is 3. The third-order valence-electron chi connectivity index (χ3n) is 6.36. The van der Waals surface area contributed by atoms with Gasteiger partial charge in [-0.1, -0.05) is 35.3 Å². The molecular formula is C30H16Cl2F6N4O2. The molecule has 2 heterocycles. The first kappa shape index (κ1) is 30.8. The van der Waals surface area contributed by atoms with Crippen molar-refractivity contribution < 1.29 is 35.9 Å². The molecule has 6 nitrogen and oxygen atoms in total. The van der Waals surface area contributed by atoms with Gasteiger partial charge in [0.05, 0.1) is 32.4 Å². The van der Waals surface area contributed by atoms with Crippen LogP contribution in [0.3, 0.4) is 0 Å². The molecule has 0 fully saturated rings. The summed E-state index contributed by atoms with van der Waals surface area (Å²) in [5.74, 6) is -1.94. The fraction of sp³-hybridized carbons (Fsp3) is 0.0667. The minimum Gasteiger partial charge on any atom is -0.321 e. The lowest BCUT2D eigenvalue weighted by molar-refractivity contribution is -0.138. The van der Waals surface area contributed by atoms with Gasteiger partial charge in [-0.3, -0.25) is 14.6 Å². The first-order valence-electron chi connectivity index (χ1n) is 12.4. The number of carbonyl (C=O) groups is 2. The molecule has 0 bridgehead atoms. The molecule has 0 aliphatic heterocycles. The summed E-state index contributed by atoms with van der Waals surface area (Å²) in [6.45, 7) is 0. The Hall–Kier alpha value is -4.68. The standard InChI is InChI=1S/C30H16Cl2F6N4O2/c31-21-7-8-23(41-27(43)15-3-1-5-18(11-15)29(33,34)35)25(32)24(21)20-13-17-14-39-10-9-22(17)40-26(20)42-28(44)16-4-2-6-19(12-16)30(36,37)38/h1-14H,(H,41,43)(H,40,42,44). The topological polar surface area (TPSA) is 84.0 Å². The third-order valence-corrected chi connectivity index (χ3v) is 7.07. The molecule has 44 heavy (non-hydrogen) atoms. The minimum atomic E-state index is -4.68. The lowest BCUT2D eigenvalue weighted by Gasteiger charge is -2.17. The van der Waals surface area contributed by atoms with Gasteiger partial charge in [-0.2, -0.15) is 26.3 Å². The molecule has 0 aliphatic rings. The van der Waals surface area contributed by atoms with Crippen LogP contribution in [-0.2, 0) is 12.4 Å². The Morgan fingerprint density at radius 1 is 0.727 bits per heavy atom. The van der Waals surface area contributed by atoms with E-state index in [0.29, 0.717) is 23.0 Å². The zero-order valence-electron chi connectivity index (χ0n) is 21.8. The first-order chi connectivity index (χ1) is 20.7. The van der Waals surface area contributed by atoms with E-state index in [0.717, 1.165) is 24.3 Å². The van der Waals surface area contributed by atoms with Gasteiger partial charge < -0.3 is 10.6 Å². The largest absolute Gasteiger partial charge is 0.416 e. The second kappa shape index (κ2) is 11.8. The number of amides is 2. The Bertz CT molecular complexity index is 1930. The highest BCUT2D eigenvalue weighted by Crippen LogP contribution is 2.43. The van der Waals surface area contributed by atoms with Crippen molar-refractivity contribution in [1.29, 1.82) is 0 Å². The third kappa shape index (κ3) is 6.46. The SMILES string of the molecule is O=C(Nc1ccc(Cl)c(-c2cc3cnccc3nc2NC(=O)c2cccc(C(F)(F)F)c2)c1Cl)c1cccc(C(F)(F)F)c1. The van der Waals surface area contributed by atoms with Crippen molar-refractivity contribution in [3.05, 3.63) is 117 Å². The van der Waals surface area contributed by atoms with Crippen LogP contribution in [0.1, 0.15) is 31.8 Å². The van der Waals surface area contributed by atoms with Gasteiger partial charge in [-0.05, 0) is 60.7 Å². The highest BCUT2D eigenvalue weighted by Gasteiger charge is 2.32. The van der Waals surface area contributed by atoms with Crippen LogP contribution < -0.4 is 10.6 Å². The van der Waals surface area contributed by atoms with Gasteiger partial charge in [0.2, 0.25) is 0 Å². The monoisotopic (exact) mass is 648 g/mol. The molecule has 2 amide bonds. The Morgan fingerprint density at radius 3 is 1.91 bits per heavy atom. The maximum Gasteiger partial charge on any atom is 0.416 e. The Labute approximate surface area is 254 Å². The number of nitrogens with one attached hydrogen (secondary N) is 2. The number of rotatable bonds is 5. The lowest BCUT2D eigenvalue weighted by atomic mass is 10.0. The van der Waals surface area contributed by atoms with E-state index in [1.54, 1.807) is 0 Å². The molecule has 14 heteroatoms. The van der Waals surface area contributed by atoms with E-state index < -0.39 is 35.3 Å². The van der Waals surface area contributed by atoms with E-state index in [-0.39, 0.29) is 43.8 Å². The average molecular weight is 649 g/mol. The lowest BCUT2D eigenvalue weighted by Crippen LogP contribution is -2.16. The van der Waals surface area contributed by atoms with Crippen LogP contribution in [-0.4, -0.2) is 21.8 Å². The van der Waals surface area contributed by atoms with Crippen LogP contribution in [0.4, 0.5) is 37.8 Å². The van der Waals surface area contributed by atoms with E-state index in [4.69, 9.17) is 23.2 Å². The predicted molar refractivity (Wildman–Crippen MR) is 154 cm³/mol. The Balaban J connectivity index is 1.56. The Morgan fingerprint density at radius 2 is 1.32 bits per heavy atom. The van der Waals surface area contributed by atoms with E-state index >= 15 is 0 Å². The van der Waals surface area contributed by atoms with Crippen LogP contribution in [0.5, 0.6) is 0 Å². The van der Waals surface area contributed by atoms with E-state index in [2.05, 4.69) is 20.6 Å². The van der Waals surface area contributed by atoms with Crippen molar-refractivity contribution in [2.45, 2.75) is 12.4 Å². The summed E-state index contributed by atoms with van der Waals surface area (Å²) in [4.78, 5) is 34.5. The highest BCUT2D eigenvalue weighted by molar-refractivity contribution is 6.41. The van der Waals surface area contributed by atoms with Crippen molar-refractivity contribution in [2.24, 2.45) is 0 Å². The zero-order valence-corrected chi connectivity index (χ0v) is 23.3. The van der Waals surface area contributed by atoms with E-state index in [9.17, 15) is 35.9 Å². The maximum atomic E-state index is 13.3. The fourth-order valence-electron chi connectivity index (χ4n) is 4.25. The van der Waals surface area contributed by atoms with Gasteiger partial charge >= 0.3 is 12.4 Å². The second-order valence-electron chi connectivity index (χ2n) is 9.30. The molecule has 224 valence electrons. The van der Waals surface area contributed by atoms with Gasteiger partial charge in [-0.25, -0.2) is 4.98 Å². The normalized spacial score (nSPS) is 11.8. The molecule has 3 aromatic carbocycles. The van der Waals surface area contributed by atoms with Crippen molar-refractivity contribution in [3.63, 3.8) is 0 Å². The number of hydrogen-bond acceptors (Lipinski definition) is 4. The van der Waals surface area contributed by atoms with Gasteiger partial charge in [0.15, 0.2) is 0 Å². The number of aromatic nitrogens is 2. The van der Waals surface area contributed by atoms with Crippen LogP contribution in [0.15, 0.2) is 85.2 Å². The summed E-state index contributed by atoms with van der Waals surface area (Å²) >= 11 is 13.2. The fourth-order valence-corrected chi connectivity index (χ4v) is 4.87. The van der Waals surface area contributed by atoms with E-state index in [1.807, 2.05) is 0 Å². The molecule has 0 radical (unpaired) electrons. The molecule has 0 saturated heterocycles. The average Bonchev–Trinajstić information content (AvgIpc) is 2.98. The summed E-state index contributed by atoms with van der Waals surface area (Å²) in [7, 11) is 0. The molecular weight excluding hydrogens is 633 g/mol. The molecule has 2 aromatic heterocycles. The van der Waals surface area contributed by atoms with Crippen LogP contribution in [0.2, 0.25) is 10.0 Å². The molecule has 0 atom stereocenters. The molecule has 5 rings (SSSR count). The summed E-state index contributed by atoms with van der Waals surface area (Å²) in [5.41, 5.74) is -2.13. The summed E-state index contributed by atoms with van der Waals surface area (Å²) in [6, 6.07) is 13.3. The van der Waals surface area contributed by atoms with Crippen molar-refractivity contribution in [1.82, 2.24) is 9.97 Å². The minimum absolute atomic E-state index is 0.0325. The van der Waals surface area contributed by atoms with Crippen molar-refractivity contribution in [3.8, 4) is 11.1 Å². The maximum absolute atomic E-state index is 13.3. The number of pyridine rings is 2. The van der Waals surface area contributed by atoms with Gasteiger partial charge in [0, 0.05) is 40.0 Å². The molecule has 2 N–H and O–H groups in total. The van der Waals surface area contributed by atoms with Crippen molar-refractivity contribution >= 4 is 57.4 Å².